The Kier molecular flexibility index (Phi) is 5.99. The molecule has 1 amide bonds. The number of ketones is 1. The number of rotatable bonds is 8. The third-order valence-electron chi connectivity index (χ3n) is 5.32. The highest BCUT2D eigenvalue weighted by Gasteiger charge is 2.45. The molecule has 32 heavy (non-hydrogen) atoms. The average molecular weight is 460 g/mol. The van der Waals surface area contributed by atoms with Gasteiger partial charge in [0.05, 0.1) is 12.7 Å². The largest absolute Gasteiger partial charge is 0.503 e. The molecule has 1 unspecified atom stereocenters. The van der Waals surface area contributed by atoms with Crippen LogP contribution in [-0.4, -0.2) is 49.1 Å². The standard InChI is InChI=1S/C23H22ClNO7/c1-12-5-6-15(31-12)19-18(21(27)23(28)25(19)7-4-8-29-2)20(26)16-10-13-9-14(24)11-17(30-3)22(13)32-16/h5-6,9-11,19,27H,4,7-8H2,1-3H3. The van der Waals surface area contributed by atoms with Gasteiger partial charge in [0.15, 0.2) is 22.9 Å². The minimum atomic E-state index is -0.890. The van der Waals surface area contributed by atoms with Gasteiger partial charge in [-0.3, -0.25) is 9.59 Å². The fourth-order valence-corrected chi connectivity index (χ4v) is 4.09. The number of amides is 1. The number of carbonyl (C=O) groups excluding carboxylic acids is 2. The first-order valence-electron chi connectivity index (χ1n) is 9.96. The second-order valence-corrected chi connectivity index (χ2v) is 7.86. The Balaban J connectivity index is 1.78. The maximum Gasteiger partial charge on any atom is 0.290 e. The van der Waals surface area contributed by atoms with Gasteiger partial charge in [0.25, 0.3) is 5.91 Å². The molecule has 0 saturated heterocycles. The number of fused-ring (bicyclic) bond motifs is 1. The highest BCUT2D eigenvalue weighted by Crippen LogP contribution is 2.41. The number of Topliss-reactive ketones (excluding diaryl/α,β-unsaturated/α-hetero) is 1. The quantitative estimate of drug-likeness (QED) is 0.387. The molecule has 3 heterocycles. The van der Waals surface area contributed by atoms with E-state index in [2.05, 4.69) is 0 Å². The molecule has 3 aromatic rings. The molecule has 1 N–H and O–H groups in total. The molecule has 1 aliphatic heterocycles. The average Bonchev–Trinajstić information content (AvgIpc) is 3.45. The molecule has 2 aromatic heterocycles. The SMILES string of the molecule is COCCCN1C(=O)C(O)=C(C(=O)c2cc3cc(Cl)cc(OC)c3o2)C1c1ccc(C)o1. The summed E-state index contributed by atoms with van der Waals surface area (Å²) in [6.45, 7) is 2.44. The molecule has 1 aliphatic rings. The summed E-state index contributed by atoms with van der Waals surface area (Å²) in [5.74, 6) is -0.604. The molecule has 168 valence electrons. The molecule has 0 radical (unpaired) electrons. The summed E-state index contributed by atoms with van der Waals surface area (Å²) >= 11 is 6.12. The van der Waals surface area contributed by atoms with E-state index in [0.29, 0.717) is 46.3 Å². The Hall–Kier alpha value is -3.23. The van der Waals surface area contributed by atoms with Gasteiger partial charge in [-0.15, -0.1) is 0 Å². The molecule has 0 aliphatic carbocycles. The smallest absolute Gasteiger partial charge is 0.290 e. The predicted octanol–water partition coefficient (Wildman–Crippen LogP) is 4.61. The van der Waals surface area contributed by atoms with Crippen LogP contribution >= 0.6 is 11.6 Å². The number of aliphatic hydroxyl groups excluding tert-OH is 1. The lowest BCUT2D eigenvalue weighted by Crippen LogP contribution is -2.32. The van der Waals surface area contributed by atoms with Gasteiger partial charge in [0.2, 0.25) is 5.78 Å². The second kappa shape index (κ2) is 8.72. The van der Waals surface area contributed by atoms with Crippen LogP contribution in [-0.2, 0) is 9.53 Å². The molecular formula is C23H22ClNO7. The van der Waals surface area contributed by atoms with Gasteiger partial charge >= 0.3 is 0 Å². The number of aryl methyl sites for hydroxylation is 1. The summed E-state index contributed by atoms with van der Waals surface area (Å²) in [5.41, 5.74) is 0.234. The summed E-state index contributed by atoms with van der Waals surface area (Å²) < 4.78 is 21.9. The van der Waals surface area contributed by atoms with Crippen LogP contribution in [0.15, 0.2) is 50.5 Å². The third-order valence-corrected chi connectivity index (χ3v) is 5.54. The fourth-order valence-electron chi connectivity index (χ4n) is 3.87. The molecule has 1 aromatic carbocycles. The highest BCUT2D eigenvalue weighted by atomic mass is 35.5. The first-order valence-corrected chi connectivity index (χ1v) is 10.3. The lowest BCUT2D eigenvalue weighted by molar-refractivity contribution is -0.129. The molecule has 8 nitrogen and oxygen atoms in total. The summed E-state index contributed by atoms with van der Waals surface area (Å²) in [6.07, 6.45) is 0.521. The van der Waals surface area contributed by atoms with Crippen LogP contribution in [0.2, 0.25) is 5.02 Å². The van der Waals surface area contributed by atoms with E-state index in [4.69, 9.17) is 29.9 Å². The van der Waals surface area contributed by atoms with Gasteiger partial charge in [0.1, 0.15) is 17.6 Å². The summed E-state index contributed by atoms with van der Waals surface area (Å²) in [4.78, 5) is 27.8. The zero-order valence-electron chi connectivity index (χ0n) is 17.8. The zero-order chi connectivity index (χ0) is 23.0. The number of hydrogen-bond acceptors (Lipinski definition) is 7. The first kappa shape index (κ1) is 22.0. The molecule has 0 saturated carbocycles. The van der Waals surface area contributed by atoms with E-state index in [-0.39, 0.29) is 17.9 Å². The Morgan fingerprint density at radius 2 is 2.00 bits per heavy atom. The number of hydrogen-bond donors (Lipinski definition) is 1. The number of carbonyl (C=O) groups is 2. The molecule has 0 spiro atoms. The minimum absolute atomic E-state index is 0.0538. The van der Waals surface area contributed by atoms with E-state index in [0.717, 1.165) is 0 Å². The van der Waals surface area contributed by atoms with Crippen molar-refractivity contribution in [2.45, 2.75) is 19.4 Å². The maximum absolute atomic E-state index is 13.5. The summed E-state index contributed by atoms with van der Waals surface area (Å²) in [5, 5.41) is 11.7. The van der Waals surface area contributed by atoms with Crippen molar-refractivity contribution in [3.63, 3.8) is 0 Å². The van der Waals surface area contributed by atoms with Gasteiger partial charge in [-0.1, -0.05) is 11.6 Å². The van der Waals surface area contributed by atoms with Gasteiger partial charge in [-0.05, 0) is 37.6 Å². The molecule has 9 heteroatoms. The Bertz CT molecular complexity index is 1220. The minimum Gasteiger partial charge on any atom is -0.503 e. The monoisotopic (exact) mass is 459 g/mol. The lowest BCUT2D eigenvalue weighted by atomic mass is 9.99. The van der Waals surface area contributed by atoms with Gasteiger partial charge < -0.3 is 28.3 Å². The van der Waals surface area contributed by atoms with Crippen molar-refractivity contribution in [3.8, 4) is 5.75 Å². The van der Waals surface area contributed by atoms with Gasteiger partial charge in [-0.2, -0.15) is 0 Å². The van der Waals surface area contributed by atoms with Crippen molar-refractivity contribution in [1.29, 1.82) is 0 Å². The van der Waals surface area contributed by atoms with Crippen LogP contribution in [0.5, 0.6) is 5.75 Å². The first-order chi connectivity index (χ1) is 15.3. The number of methoxy groups -OCH3 is 2. The molecule has 4 rings (SSSR count). The number of nitrogens with zero attached hydrogens (tertiary/aromatic N) is 1. The van der Waals surface area contributed by atoms with E-state index in [1.54, 1.807) is 38.3 Å². The number of furan rings is 2. The summed E-state index contributed by atoms with van der Waals surface area (Å²) in [7, 11) is 3.03. The zero-order valence-corrected chi connectivity index (χ0v) is 18.6. The van der Waals surface area contributed by atoms with Crippen LogP contribution in [0.25, 0.3) is 11.0 Å². The van der Waals surface area contributed by atoms with E-state index in [9.17, 15) is 14.7 Å². The Labute approximate surface area is 188 Å². The molecular weight excluding hydrogens is 438 g/mol. The van der Waals surface area contributed by atoms with Crippen LogP contribution in [0.3, 0.4) is 0 Å². The number of aliphatic hydroxyl groups is 1. The van der Waals surface area contributed by atoms with E-state index < -0.39 is 23.5 Å². The van der Waals surface area contributed by atoms with Crippen molar-refractivity contribution in [1.82, 2.24) is 4.90 Å². The molecule has 1 atom stereocenters. The van der Waals surface area contributed by atoms with Crippen molar-refractivity contribution >= 4 is 34.3 Å². The Morgan fingerprint density at radius 3 is 2.66 bits per heavy atom. The van der Waals surface area contributed by atoms with Crippen molar-refractivity contribution in [3.05, 3.63) is 64.0 Å². The molecule has 0 fully saturated rings. The molecule has 0 bridgehead atoms. The lowest BCUT2D eigenvalue weighted by Gasteiger charge is -2.24. The number of ether oxygens (including phenoxy) is 2. The van der Waals surface area contributed by atoms with Crippen LogP contribution in [0, 0.1) is 6.92 Å². The van der Waals surface area contributed by atoms with E-state index >= 15 is 0 Å². The fraction of sp³-hybridized carbons (Fsp3) is 0.304. The van der Waals surface area contributed by atoms with Crippen molar-refractivity contribution < 1.29 is 33.0 Å². The normalized spacial score (nSPS) is 16.4. The van der Waals surface area contributed by atoms with E-state index in [1.165, 1.54) is 18.1 Å². The topological polar surface area (TPSA) is 102 Å². The van der Waals surface area contributed by atoms with Gasteiger partial charge in [-0.25, -0.2) is 0 Å². The van der Waals surface area contributed by atoms with Crippen molar-refractivity contribution in [2.75, 3.05) is 27.4 Å². The van der Waals surface area contributed by atoms with Crippen LogP contribution in [0.1, 0.15) is 34.5 Å². The number of benzene rings is 1. The van der Waals surface area contributed by atoms with Crippen LogP contribution in [0.4, 0.5) is 0 Å². The van der Waals surface area contributed by atoms with Crippen molar-refractivity contribution in [2.24, 2.45) is 0 Å². The summed E-state index contributed by atoms with van der Waals surface area (Å²) in [6, 6.07) is 7.25. The van der Waals surface area contributed by atoms with E-state index in [1.807, 2.05) is 0 Å². The Morgan fingerprint density at radius 1 is 1.22 bits per heavy atom. The maximum atomic E-state index is 13.5. The van der Waals surface area contributed by atoms with Crippen LogP contribution < -0.4 is 4.74 Å². The number of halogens is 1. The second-order valence-electron chi connectivity index (χ2n) is 7.42. The third kappa shape index (κ3) is 3.76. The predicted molar refractivity (Wildman–Crippen MR) is 116 cm³/mol. The highest BCUT2D eigenvalue weighted by molar-refractivity contribution is 6.31. The van der Waals surface area contributed by atoms with Gasteiger partial charge in [0, 0.05) is 36.7 Å².